The van der Waals surface area contributed by atoms with E-state index in [1.165, 1.54) is 15.8 Å². The molecule has 1 aromatic rings. The molecule has 0 radical (unpaired) electrons. The topological polar surface area (TPSA) is 74.7 Å². The molecule has 0 bridgehead atoms. The van der Waals surface area contributed by atoms with Gasteiger partial charge < -0.3 is 5.11 Å². The lowest BCUT2D eigenvalue weighted by Crippen LogP contribution is -2.29. The third kappa shape index (κ3) is 2.82. The van der Waals surface area contributed by atoms with Crippen molar-refractivity contribution in [1.29, 1.82) is 0 Å². The Morgan fingerprint density at radius 1 is 1.53 bits per heavy atom. The maximum Gasteiger partial charge on any atom is 0.345 e. The Bertz CT molecular complexity index is 576. The first-order valence-electron chi connectivity index (χ1n) is 6.14. The van der Waals surface area contributed by atoms with Crippen LogP contribution in [0.15, 0.2) is 16.3 Å². The second-order valence-electron chi connectivity index (χ2n) is 5.11. The van der Waals surface area contributed by atoms with Crippen LogP contribution in [-0.2, 0) is 10.0 Å². The Labute approximate surface area is 116 Å². The number of aromatic carboxylic acids is 1. The van der Waals surface area contributed by atoms with E-state index in [0.717, 1.165) is 17.8 Å². The Balaban J connectivity index is 2.21. The molecule has 1 aliphatic heterocycles. The second-order valence-corrected chi connectivity index (χ2v) is 7.96. The summed E-state index contributed by atoms with van der Waals surface area (Å²) in [6.45, 7) is 5.23. The number of hydrogen-bond donors (Lipinski definition) is 1. The highest BCUT2D eigenvalue weighted by atomic mass is 32.2. The third-order valence-electron chi connectivity index (χ3n) is 3.55. The van der Waals surface area contributed by atoms with E-state index in [1.54, 1.807) is 0 Å². The molecule has 1 unspecified atom stereocenters. The van der Waals surface area contributed by atoms with Crippen LogP contribution in [0.5, 0.6) is 0 Å². The highest BCUT2D eigenvalue weighted by Gasteiger charge is 2.34. The SMILES string of the molecule is CC(C)C1CCN(S(=O)(=O)c2csc(C(=O)O)c2)C1. The lowest BCUT2D eigenvalue weighted by molar-refractivity contribution is 0.0702. The second kappa shape index (κ2) is 5.22. The van der Waals surface area contributed by atoms with E-state index >= 15 is 0 Å². The minimum Gasteiger partial charge on any atom is -0.477 e. The first-order chi connectivity index (χ1) is 8.82. The van der Waals surface area contributed by atoms with Crippen molar-refractivity contribution >= 4 is 27.3 Å². The lowest BCUT2D eigenvalue weighted by atomic mass is 9.96. The van der Waals surface area contributed by atoms with Gasteiger partial charge >= 0.3 is 5.97 Å². The van der Waals surface area contributed by atoms with E-state index in [-0.39, 0.29) is 9.77 Å². The van der Waals surface area contributed by atoms with Crippen LogP contribution in [0.25, 0.3) is 0 Å². The van der Waals surface area contributed by atoms with E-state index in [0.29, 0.717) is 24.9 Å². The van der Waals surface area contributed by atoms with Crippen molar-refractivity contribution < 1.29 is 18.3 Å². The third-order valence-corrected chi connectivity index (χ3v) is 6.46. The molecule has 2 rings (SSSR count). The number of thiophene rings is 1. The van der Waals surface area contributed by atoms with Gasteiger partial charge in [-0.2, -0.15) is 4.31 Å². The summed E-state index contributed by atoms with van der Waals surface area (Å²) in [7, 11) is -3.54. The van der Waals surface area contributed by atoms with E-state index < -0.39 is 16.0 Å². The molecule has 1 N–H and O–H groups in total. The zero-order valence-electron chi connectivity index (χ0n) is 10.9. The fourth-order valence-electron chi connectivity index (χ4n) is 2.23. The molecule has 1 saturated heterocycles. The van der Waals surface area contributed by atoms with Crippen molar-refractivity contribution in [2.45, 2.75) is 25.2 Å². The van der Waals surface area contributed by atoms with Gasteiger partial charge in [0.25, 0.3) is 0 Å². The molecule has 1 aromatic heterocycles. The van der Waals surface area contributed by atoms with Gasteiger partial charge in [-0.1, -0.05) is 13.8 Å². The molecule has 0 aliphatic carbocycles. The standard InChI is InChI=1S/C12H17NO4S2/c1-8(2)9-3-4-13(6-9)19(16,17)10-5-11(12(14)15)18-7-10/h5,7-9H,3-4,6H2,1-2H3,(H,14,15). The molecule has 106 valence electrons. The van der Waals surface area contributed by atoms with Crippen LogP contribution in [0.4, 0.5) is 0 Å². The number of hydrogen-bond acceptors (Lipinski definition) is 4. The fourth-order valence-corrected chi connectivity index (χ4v) is 4.84. The number of rotatable bonds is 4. The van der Waals surface area contributed by atoms with Crippen molar-refractivity contribution in [2.24, 2.45) is 11.8 Å². The fraction of sp³-hybridized carbons (Fsp3) is 0.583. The summed E-state index contributed by atoms with van der Waals surface area (Å²) in [6, 6.07) is 1.24. The summed E-state index contributed by atoms with van der Waals surface area (Å²) in [5.41, 5.74) is 0. The maximum absolute atomic E-state index is 12.4. The van der Waals surface area contributed by atoms with Gasteiger partial charge in [-0.3, -0.25) is 0 Å². The van der Waals surface area contributed by atoms with Gasteiger partial charge in [-0.05, 0) is 24.3 Å². The van der Waals surface area contributed by atoms with Gasteiger partial charge in [0.1, 0.15) is 4.88 Å². The minimum atomic E-state index is -3.54. The summed E-state index contributed by atoms with van der Waals surface area (Å²) in [6.07, 6.45) is 0.868. The molecule has 0 saturated carbocycles. The van der Waals surface area contributed by atoms with Gasteiger partial charge in [-0.25, -0.2) is 13.2 Å². The Morgan fingerprint density at radius 2 is 2.21 bits per heavy atom. The summed E-state index contributed by atoms with van der Waals surface area (Å²) >= 11 is 0.945. The smallest absolute Gasteiger partial charge is 0.345 e. The van der Waals surface area contributed by atoms with E-state index in [1.807, 2.05) is 0 Å². The van der Waals surface area contributed by atoms with Crippen LogP contribution >= 0.6 is 11.3 Å². The minimum absolute atomic E-state index is 0.0539. The van der Waals surface area contributed by atoms with Crippen LogP contribution in [0.2, 0.25) is 0 Å². The van der Waals surface area contributed by atoms with Gasteiger partial charge in [0.15, 0.2) is 0 Å². The van der Waals surface area contributed by atoms with E-state index in [9.17, 15) is 13.2 Å². The number of nitrogens with zero attached hydrogens (tertiary/aromatic N) is 1. The first-order valence-corrected chi connectivity index (χ1v) is 8.46. The molecular formula is C12H17NO4S2. The van der Waals surface area contributed by atoms with Crippen molar-refractivity contribution in [3.63, 3.8) is 0 Å². The molecule has 0 spiro atoms. The molecule has 2 heterocycles. The summed E-state index contributed by atoms with van der Waals surface area (Å²) in [4.78, 5) is 11.0. The van der Waals surface area contributed by atoms with Crippen molar-refractivity contribution in [3.8, 4) is 0 Å². The number of sulfonamides is 1. The zero-order chi connectivity index (χ0) is 14.2. The number of carbonyl (C=O) groups is 1. The molecule has 0 amide bonds. The average molecular weight is 303 g/mol. The molecule has 7 heteroatoms. The summed E-state index contributed by atoms with van der Waals surface area (Å²) in [5.74, 6) is -0.252. The van der Waals surface area contributed by atoms with E-state index in [2.05, 4.69) is 13.8 Å². The molecule has 1 fully saturated rings. The lowest BCUT2D eigenvalue weighted by Gasteiger charge is -2.17. The summed E-state index contributed by atoms with van der Waals surface area (Å²) < 4.78 is 26.2. The van der Waals surface area contributed by atoms with Crippen molar-refractivity contribution in [2.75, 3.05) is 13.1 Å². The van der Waals surface area contributed by atoms with Crippen LogP contribution in [0, 0.1) is 11.8 Å². The normalized spacial score (nSPS) is 21.1. The predicted octanol–water partition coefficient (Wildman–Crippen LogP) is 2.11. The molecule has 1 atom stereocenters. The van der Waals surface area contributed by atoms with Gasteiger partial charge in [0.05, 0.1) is 4.90 Å². The van der Waals surface area contributed by atoms with Gasteiger partial charge in [-0.15, -0.1) is 11.3 Å². The highest BCUT2D eigenvalue weighted by molar-refractivity contribution is 7.89. The first kappa shape index (κ1) is 14.5. The molecule has 5 nitrogen and oxygen atoms in total. The quantitative estimate of drug-likeness (QED) is 0.924. The monoisotopic (exact) mass is 303 g/mol. The van der Waals surface area contributed by atoms with Crippen LogP contribution in [0.1, 0.15) is 29.9 Å². The molecule has 1 aliphatic rings. The Kier molecular flexibility index (Phi) is 3.98. The molecule has 19 heavy (non-hydrogen) atoms. The van der Waals surface area contributed by atoms with Gasteiger partial charge in [0.2, 0.25) is 10.0 Å². The van der Waals surface area contributed by atoms with Gasteiger partial charge in [0, 0.05) is 18.5 Å². The average Bonchev–Trinajstić information content (AvgIpc) is 2.99. The van der Waals surface area contributed by atoms with Crippen molar-refractivity contribution in [1.82, 2.24) is 4.31 Å². The van der Waals surface area contributed by atoms with Crippen molar-refractivity contribution in [3.05, 3.63) is 16.3 Å². The summed E-state index contributed by atoms with van der Waals surface area (Å²) in [5, 5.41) is 10.3. The largest absolute Gasteiger partial charge is 0.477 e. The number of carboxylic acids is 1. The predicted molar refractivity (Wildman–Crippen MR) is 73.0 cm³/mol. The zero-order valence-corrected chi connectivity index (χ0v) is 12.5. The number of carboxylic acid groups (broad SMARTS) is 1. The molecule has 0 aromatic carbocycles. The Morgan fingerprint density at radius 3 is 2.68 bits per heavy atom. The highest BCUT2D eigenvalue weighted by Crippen LogP contribution is 2.30. The molecular weight excluding hydrogens is 286 g/mol. The Hall–Kier alpha value is -0.920. The van der Waals surface area contributed by atoms with Crippen LogP contribution in [-0.4, -0.2) is 36.9 Å². The van der Waals surface area contributed by atoms with Crippen LogP contribution in [0.3, 0.4) is 0 Å². The van der Waals surface area contributed by atoms with Crippen LogP contribution < -0.4 is 0 Å². The maximum atomic E-state index is 12.4. The van der Waals surface area contributed by atoms with E-state index in [4.69, 9.17) is 5.11 Å².